The zero-order chi connectivity index (χ0) is 20.8. The van der Waals surface area contributed by atoms with Gasteiger partial charge in [-0.05, 0) is 24.3 Å². The van der Waals surface area contributed by atoms with E-state index in [4.69, 9.17) is 16.3 Å². The van der Waals surface area contributed by atoms with E-state index in [0.29, 0.717) is 6.54 Å². The Morgan fingerprint density at radius 1 is 1.07 bits per heavy atom. The normalized spacial score (nSPS) is 17.9. The molecule has 0 aliphatic carbocycles. The molecular weight excluding hydrogens is 400 g/mol. The minimum atomic E-state index is 0.696. The maximum absolute atomic E-state index is 6.15. The fraction of sp³-hybridized carbons (Fsp3) is 0.455. The predicted molar refractivity (Wildman–Crippen MR) is 123 cm³/mol. The highest BCUT2D eigenvalue weighted by atomic mass is 35.5. The fourth-order valence-corrected chi connectivity index (χ4v) is 4.17. The minimum Gasteiger partial charge on any atom is -0.378 e. The molecule has 0 spiro atoms. The standard InChI is InChI=1S/C22H29ClN6O/c1-24-22(29-10-8-27(9-11-29)20-6-2-5-19(23)16-20)26-17-18-4-3-7-25-21(18)28-12-14-30-15-13-28/h2-7,16H,8-15,17H2,1H3,(H,24,26). The smallest absolute Gasteiger partial charge is 0.194 e. The van der Waals surface area contributed by atoms with Gasteiger partial charge in [0, 0.05) is 75.3 Å². The van der Waals surface area contributed by atoms with Crippen LogP contribution < -0.4 is 15.1 Å². The second kappa shape index (κ2) is 10.00. The van der Waals surface area contributed by atoms with Crippen LogP contribution >= 0.6 is 11.6 Å². The monoisotopic (exact) mass is 428 g/mol. The molecule has 0 atom stereocenters. The van der Waals surface area contributed by atoms with E-state index in [-0.39, 0.29) is 0 Å². The zero-order valence-corrected chi connectivity index (χ0v) is 18.2. The summed E-state index contributed by atoms with van der Waals surface area (Å²) in [6.45, 7) is 7.66. The van der Waals surface area contributed by atoms with Crippen molar-refractivity contribution >= 4 is 29.1 Å². The molecule has 160 valence electrons. The second-order valence-corrected chi connectivity index (χ2v) is 7.88. The van der Waals surface area contributed by atoms with Gasteiger partial charge in [-0.2, -0.15) is 0 Å². The summed E-state index contributed by atoms with van der Waals surface area (Å²) in [5.41, 5.74) is 2.36. The summed E-state index contributed by atoms with van der Waals surface area (Å²) in [7, 11) is 1.85. The molecule has 2 fully saturated rings. The topological polar surface area (TPSA) is 56.2 Å². The van der Waals surface area contributed by atoms with E-state index in [1.54, 1.807) is 0 Å². The largest absolute Gasteiger partial charge is 0.378 e. The average molecular weight is 429 g/mol. The first-order chi connectivity index (χ1) is 14.7. The number of benzene rings is 1. The van der Waals surface area contributed by atoms with Crippen molar-refractivity contribution in [2.24, 2.45) is 4.99 Å². The van der Waals surface area contributed by atoms with Gasteiger partial charge in [-0.25, -0.2) is 4.98 Å². The molecule has 0 unspecified atom stereocenters. The third-order valence-electron chi connectivity index (χ3n) is 5.58. The first-order valence-electron chi connectivity index (χ1n) is 10.5. The number of hydrogen-bond donors (Lipinski definition) is 1. The molecule has 1 aromatic carbocycles. The van der Waals surface area contributed by atoms with Crippen LogP contribution in [0.2, 0.25) is 5.02 Å². The summed E-state index contributed by atoms with van der Waals surface area (Å²) < 4.78 is 5.48. The average Bonchev–Trinajstić information content (AvgIpc) is 2.81. The van der Waals surface area contributed by atoms with Crippen molar-refractivity contribution in [2.75, 3.05) is 69.3 Å². The molecule has 4 rings (SSSR count). The molecular formula is C22H29ClN6O. The summed E-state index contributed by atoms with van der Waals surface area (Å²) in [6.07, 6.45) is 1.86. The predicted octanol–water partition coefficient (Wildman–Crippen LogP) is 2.47. The molecule has 2 aromatic rings. The van der Waals surface area contributed by atoms with Gasteiger partial charge in [0.2, 0.25) is 0 Å². The van der Waals surface area contributed by atoms with Gasteiger partial charge < -0.3 is 24.8 Å². The van der Waals surface area contributed by atoms with Crippen molar-refractivity contribution < 1.29 is 4.74 Å². The van der Waals surface area contributed by atoms with Gasteiger partial charge in [0.25, 0.3) is 0 Å². The lowest BCUT2D eigenvalue weighted by Gasteiger charge is -2.38. The van der Waals surface area contributed by atoms with Gasteiger partial charge in [-0.15, -0.1) is 0 Å². The van der Waals surface area contributed by atoms with E-state index in [1.165, 1.54) is 11.3 Å². The van der Waals surface area contributed by atoms with Gasteiger partial charge in [0.1, 0.15) is 5.82 Å². The highest BCUT2D eigenvalue weighted by Crippen LogP contribution is 2.21. The first-order valence-corrected chi connectivity index (χ1v) is 10.8. The summed E-state index contributed by atoms with van der Waals surface area (Å²) >= 11 is 6.15. The molecule has 0 amide bonds. The van der Waals surface area contributed by atoms with E-state index >= 15 is 0 Å². The molecule has 0 bridgehead atoms. The highest BCUT2D eigenvalue weighted by Gasteiger charge is 2.21. The van der Waals surface area contributed by atoms with Crippen LogP contribution in [0.5, 0.6) is 0 Å². The lowest BCUT2D eigenvalue weighted by molar-refractivity contribution is 0.122. The number of piperazine rings is 1. The lowest BCUT2D eigenvalue weighted by atomic mass is 10.2. The number of halogens is 1. The minimum absolute atomic E-state index is 0.696. The molecule has 2 saturated heterocycles. The number of pyridine rings is 1. The maximum atomic E-state index is 6.15. The highest BCUT2D eigenvalue weighted by molar-refractivity contribution is 6.30. The quantitative estimate of drug-likeness (QED) is 0.596. The third-order valence-corrected chi connectivity index (χ3v) is 5.81. The van der Waals surface area contributed by atoms with E-state index in [9.17, 15) is 0 Å². The summed E-state index contributed by atoms with van der Waals surface area (Å²) in [5, 5.41) is 4.31. The Hall–Kier alpha value is -2.51. The SMILES string of the molecule is CN=C(NCc1cccnc1N1CCOCC1)N1CCN(c2cccc(Cl)c2)CC1. The number of ether oxygens (including phenoxy) is 1. The van der Waals surface area contributed by atoms with Gasteiger partial charge in [-0.1, -0.05) is 23.7 Å². The van der Waals surface area contributed by atoms with Crippen LogP contribution in [0.1, 0.15) is 5.56 Å². The Balaban J connectivity index is 1.35. The number of rotatable bonds is 4. The van der Waals surface area contributed by atoms with Crippen molar-refractivity contribution in [1.29, 1.82) is 0 Å². The van der Waals surface area contributed by atoms with Crippen molar-refractivity contribution in [3.05, 3.63) is 53.2 Å². The number of guanidine groups is 1. The number of aliphatic imine (C=N–C) groups is 1. The van der Waals surface area contributed by atoms with Crippen LogP contribution in [-0.4, -0.2) is 75.4 Å². The Kier molecular flexibility index (Phi) is 6.92. The summed E-state index contributed by atoms with van der Waals surface area (Å²) in [6, 6.07) is 12.2. The molecule has 1 aromatic heterocycles. The van der Waals surface area contributed by atoms with E-state index in [2.05, 4.69) is 42.1 Å². The molecule has 3 heterocycles. The van der Waals surface area contributed by atoms with Crippen molar-refractivity contribution in [3.8, 4) is 0 Å². The molecule has 7 nitrogen and oxygen atoms in total. The van der Waals surface area contributed by atoms with E-state index < -0.39 is 0 Å². The third kappa shape index (κ3) is 4.96. The number of anilines is 2. The second-order valence-electron chi connectivity index (χ2n) is 7.44. The number of aromatic nitrogens is 1. The van der Waals surface area contributed by atoms with Crippen molar-refractivity contribution in [1.82, 2.24) is 15.2 Å². The molecule has 2 aliphatic heterocycles. The molecule has 0 saturated carbocycles. The summed E-state index contributed by atoms with van der Waals surface area (Å²) in [5.74, 6) is 1.96. The van der Waals surface area contributed by atoms with Gasteiger partial charge in [0.15, 0.2) is 5.96 Å². The number of nitrogens with one attached hydrogen (secondary N) is 1. The van der Waals surface area contributed by atoms with Gasteiger partial charge in [0.05, 0.1) is 13.2 Å². The number of hydrogen-bond acceptors (Lipinski definition) is 5. The Bertz CT molecular complexity index is 862. The van der Waals surface area contributed by atoms with E-state index in [0.717, 1.165) is 69.3 Å². The van der Waals surface area contributed by atoms with Crippen LogP contribution in [0.15, 0.2) is 47.6 Å². The molecule has 30 heavy (non-hydrogen) atoms. The Morgan fingerprint density at radius 3 is 2.60 bits per heavy atom. The molecule has 2 aliphatic rings. The molecule has 0 radical (unpaired) electrons. The lowest BCUT2D eigenvalue weighted by Crippen LogP contribution is -2.52. The van der Waals surface area contributed by atoms with Gasteiger partial charge >= 0.3 is 0 Å². The maximum Gasteiger partial charge on any atom is 0.194 e. The molecule has 8 heteroatoms. The molecule has 1 N–H and O–H groups in total. The summed E-state index contributed by atoms with van der Waals surface area (Å²) in [4.78, 5) is 16.1. The van der Waals surface area contributed by atoms with Crippen molar-refractivity contribution in [3.63, 3.8) is 0 Å². The van der Waals surface area contributed by atoms with Crippen molar-refractivity contribution in [2.45, 2.75) is 6.54 Å². The number of nitrogens with zero attached hydrogens (tertiary/aromatic N) is 5. The number of morpholine rings is 1. The van der Waals surface area contributed by atoms with Crippen LogP contribution in [0.4, 0.5) is 11.5 Å². The van der Waals surface area contributed by atoms with E-state index in [1.807, 2.05) is 37.5 Å². The Morgan fingerprint density at radius 2 is 1.87 bits per heavy atom. The van der Waals surface area contributed by atoms with Gasteiger partial charge in [-0.3, -0.25) is 4.99 Å². The first kappa shape index (κ1) is 20.8. The fourth-order valence-electron chi connectivity index (χ4n) is 3.98. The van der Waals surface area contributed by atoms with Crippen LogP contribution in [-0.2, 0) is 11.3 Å². The zero-order valence-electron chi connectivity index (χ0n) is 17.4. The van der Waals surface area contributed by atoms with Crippen LogP contribution in [0, 0.1) is 0 Å². The Labute approximate surface area is 183 Å². The van der Waals surface area contributed by atoms with Crippen LogP contribution in [0.25, 0.3) is 0 Å². The van der Waals surface area contributed by atoms with Crippen LogP contribution in [0.3, 0.4) is 0 Å².